The Hall–Kier alpha value is -2.69. The Kier molecular flexibility index (Phi) is 8.35. The molecule has 0 aromatic carbocycles. The molecule has 0 aliphatic carbocycles. The maximum Gasteiger partial charge on any atom is 0.347 e. The number of esters is 4. The third-order valence-corrected chi connectivity index (χ3v) is 3.97. The molecule has 1 N–H and O–H groups in total. The molecule has 6 atom stereocenters. The molecule has 0 aromatic heterocycles. The van der Waals surface area contributed by atoms with Crippen LogP contribution in [0.5, 0.6) is 0 Å². The van der Waals surface area contributed by atoms with E-state index >= 15 is 0 Å². The minimum atomic E-state index is -1.85. The molecule has 0 bridgehead atoms. The first-order valence-electron chi connectivity index (χ1n) is 8.47. The number of ether oxygens (including phenoxy) is 5. The molecule has 0 saturated carbocycles. The highest BCUT2D eigenvalue weighted by Gasteiger charge is 2.53. The summed E-state index contributed by atoms with van der Waals surface area (Å²) < 4.78 is 25.9. The van der Waals surface area contributed by atoms with Gasteiger partial charge in [-0.3, -0.25) is 19.2 Å². The lowest BCUT2D eigenvalue weighted by atomic mass is 9.86. The van der Waals surface area contributed by atoms with E-state index in [1.54, 1.807) is 6.92 Å². The lowest BCUT2D eigenvalue weighted by Gasteiger charge is -2.45. The number of carboxylic acid groups (broad SMARTS) is 1. The average molecular weight is 404 g/mol. The molecule has 28 heavy (non-hydrogen) atoms. The van der Waals surface area contributed by atoms with E-state index in [-0.39, 0.29) is 6.61 Å². The maximum atomic E-state index is 11.7. The van der Waals surface area contributed by atoms with E-state index in [0.29, 0.717) is 0 Å². The van der Waals surface area contributed by atoms with Crippen LogP contribution in [0.4, 0.5) is 0 Å². The van der Waals surface area contributed by atoms with Gasteiger partial charge in [0.05, 0.1) is 6.10 Å². The van der Waals surface area contributed by atoms with Crippen molar-refractivity contribution in [3.63, 3.8) is 0 Å². The zero-order valence-corrected chi connectivity index (χ0v) is 16.2. The largest absolute Gasteiger partial charge is 0.478 e. The van der Waals surface area contributed by atoms with Gasteiger partial charge in [0.25, 0.3) is 0 Å². The van der Waals surface area contributed by atoms with Crippen LogP contribution in [0.25, 0.3) is 0 Å². The lowest BCUT2D eigenvalue weighted by molar-refractivity contribution is -0.249. The predicted molar refractivity (Wildman–Crippen MR) is 88.8 cm³/mol. The van der Waals surface area contributed by atoms with Gasteiger partial charge in [-0.1, -0.05) is 6.92 Å². The summed E-state index contributed by atoms with van der Waals surface area (Å²) in [5, 5.41) is 9.47. The van der Waals surface area contributed by atoms with Crippen LogP contribution in [0.15, 0.2) is 0 Å². The average Bonchev–Trinajstić information content (AvgIpc) is 2.54. The van der Waals surface area contributed by atoms with Crippen molar-refractivity contribution in [3.8, 4) is 0 Å². The first kappa shape index (κ1) is 23.3. The molecule has 1 saturated heterocycles. The van der Waals surface area contributed by atoms with Crippen molar-refractivity contribution < 1.29 is 52.8 Å². The molecule has 1 heterocycles. The number of rotatable bonds is 7. The molecular weight excluding hydrogens is 380 g/mol. The predicted octanol–water partition coefficient (Wildman–Crippen LogP) is -0.167. The van der Waals surface area contributed by atoms with Crippen LogP contribution in [0.3, 0.4) is 0 Å². The minimum absolute atomic E-state index is 0.274. The van der Waals surface area contributed by atoms with Gasteiger partial charge < -0.3 is 28.8 Å². The number of carboxylic acids is 1. The van der Waals surface area contributed by atoms with Crippen LogP contribution in [-0.2, 0) is 47.7 Å². The van der Waals surface area contributed by atoms with Gasteiger partial charge in [-0.05, 0) is 0 Å². The van der Waals surface area contributed by atoms with Crippen LogP contribution < -0.4 is 0 Å². The number of carbonyl (C=O) groups is 5. The summed E-state index contributed by atoms with van der Waals surface area (Å²) in [5.74, 6) is -5.20. The monoisotopic (exact) mass is 404 g/mol. The molecule has 158 valence electrons. The Morgan fingerprint density at radius 2 is 1.43 bits per heavy atom. The molecule has 1 rings (SSSR count). The number of hydrogen-bond acceptors (Lipinski definition) is 10. The van der Waals surface area contributed by atoms with E-state index in [1.165, 1.54) is 6.92 Å². The quantitative estimate of drug-likeness (QED) is 0.445. The zero-order valence-electron chi connectivity index (χ0n) is 16.2. The van der Waals surface area contributed by atoms with E-state index < -0.39 is 66.3 Å². The number of carbonyl (C=O) groups excluding carboxylic acids is 4. The van der Waals surface area contributed by atoms with Gasteiger partial charge in [0.1, 0.15) is 18.8 Å². The van der Waals surface area contributed by atoms with Gasteiger partial charge >= 0.3 is 29.8 Å². The second-order valence-electron chi connectivity index (χ2n) is 6.32. The standard InChI is InChI=1S/C17H24O11/c1-7-12(6-24-8(2)18)28-15(16(17(22)23)27-11(5)21)14(26-10(4)20)13(7)25-9(3)19/h7,12-16H,6H2,1-5H3,(H,22,23)/t7-,12-,13+,14-,15?,16?/m1/s1. The fraction of sp³-hybridized carbons (Fsp3) is 0.706. The molecule has 11 nitrogen and oxygen atoms in total. The molecule has 0 spiro atoms. The van der Waals surface area contributed by atoms with Gasteiger partial charge in [0.2, 0.25) is 6.10 Å². The van der Waals surface area contributed by atoms with E-state index in [4.69, 9.17) is 23.7 Å². The van der Waals surface area contributed by atoms with Crippen LogP contribution in [0.2, 0.25) is 0 Å². The summed E-state index contributed by atoms with van der Waals surface area (Å²) in [6, 6.07) is 0. The van der Waals surface area contributed by atoms with Crippen LogP contribution >= 0.6 is 0 Å². The van der Waals surface area contributed by atoms with Crippen molar-refractivity contribution >= 4 is 29.8 Å². The van der Waals surface area contributed by atoms with Crippen LogP contribution in [-0.4, -0.2) is 72.1 Å². The Balaban J connectivity index is 3.34. The third kappa shape index (κ3) is 6.48. The molecule has 1 aliphatic rings. The third-order valence-electron chi connectivity index (χ3n) is 3.97. The van der Waals surface area contributed by atoms with E-state index in [1.807, 2.05) is 0 Å². The molecule has 0 radical (unpaired) electrons. The molecule has 0 amide bonds. The Morgan fingerprint density at radius 3 is 1.86 bits per heavy atom. The highest BCUT2D eigenvalue weighted by atomic mass is 16.6. The van der Waals surface area contributed by atoms with E-state index in [9.17, 15) is 29.1 Å². The van der Waals surface area contributed by atoms with Crippen molar-refractivity contribution in [2.24, 2.45) is 5.92 Å². The zero-order chi connectivity index (χ0) is 21.6. The molecule has 1 fully saturated rings. The second kappa shape index (κ2) is 10.0. The SMILES string of the molecule is CC(=O)OC[C@H]1OC(C(OC(C)=O)C(=O)O)[C@H](OC(C)=O)[C@@H](OC(C)=O)[C@@H]1C. The van der Waals surface area contributed by atoms with E-state index in [2.05, 4.69) is 0 Å². The smallest absolute Gasteiger partial charge is 0.347 e. The van der Waals surface area contributed by atoms with Crippen LogP contribution in [0.1, 0.15) is 34.6 Å². The summed E-state index contributed by atoms with van der Waals surface area (Å²) in [6.07, 6.45) is -6.77. The fourth-order valence-corrected chi connectivity index (χ4v) is 2.86. The second-order valence-corrected chi connectivity index (χ2v) is 6.32. The summed E-state index contributed by atoms with van der Waals surface area (Å²) in [7, 11) is 0. The van der Waals surface area contributed by atoms with Crippen molar-refractivity contribution in [2.75, 3.05) is 6.61 Å². The van der Waals surface area contributed by atoms with Gasteiger partial charge in [0, 0.05) is 33.6 Å². The van der Waals surface area contributed by atoms with Gasteiger partial charge in [-0.2, -0.15) is 0 Å². The Morgan fingerprint density at radius 1 is 0.893 bits per heavy atom. The first-order valence-corrected chi connectivity index (χ1v) is 8.47. The summed E-state index contributed by atoms with van der Waals surface area (Å²) >= 11 is 0. The van der Waals surface area contributed by atoms with Crippen molar-refractivity contribution in [2.45, 2.75) is 65.1 Å². The molecule has 2 unspecified atom stereocenters. The van der Waals surface area contributed by atoms with Crippen molar-refractivity contribution in [3.05, 3.63) is 0 Å². The maximum absolute atomic E-state index is 11.7. The Bertz CT molecular complexity index is 629. The minimum Gasteiger partial charge on any atom is -0.478 e. The molecule has 0 aromatic rings. The summed E-state index contributed by atoms with van der Waals surface area (Å²) in [4.78, 5) is 57.3. The van der Waals surface area contributed by atoms with Crippen LogP contribution in [0, 0.1) is 5.92 Å². The molecular formula is C17H24O11. The van der Waals surface area contributed by atoms with Gasteiger partial charge in [-0.25, -0.2) is 4.79 Å². The number of hydrogen-bond donors (Lipinski definition) is 1. The summed E-state index contributed by atoms with van der Waals surface area (Å²) in [6.45, 7) is 5.71. The highest BCUT2D eigenvalue weighted by Crippen LogP contribution is 2.33. The summed E-state index contributed by atoms with van der Waals surface area (Å²) in [5.41, 5.74) is 0. The van der Waals surface area contributed by atoms with Gasteiger partial charge in [0.15, 0.2) is 6.10 Å². The lowest BCUT2D eigenvalue weighted by Crippen LogP contribution is -2.62. The van der Waals surface area contributed by atoms with Crippen molar-refractivity contribution in [1.82, 2.24) is 0 Å². The van der Waals surface area contributed by atoms with E-state index in [0.717, 1.165) is 20.8 Å². The fourth-order valence-electron chi connectivity index (χ4n) is 2.86. The highest BCUT2D eigenvalue weighted by molar-refractivity contribution is 5.78. The molecule has 1 aliphatic heterocycles. The molecule has 11 heteroatoms. The number of aliphatic carboxylic acids is 1. The van der Waals surface area contributed by atoms with Gasteiger partial charge in [-0.15, -0.1) is 0 Å². The normalized spacial score (nSPS) is 27.8. The topological polar surface area (TPSA) is 152 Å². The van der Waals surface area contributed by atoms with Crippen molar-refractivity contribution in [1.29, 1.82) is 0 Å². The Labute approximate surface area is 161 Å². The first-order chi connectivity index (χ1) is 12.9.